The lowest BCUT2D eigenvalue weighted by Gasteiger charge is -2.25. The van der Waals surface area contributed by atoms with Crippen molar-refractivity contribution < 1.29 is 17.9 Å². The Bertz CT molecular complexity index is 1280. The molecule has 0 unspecified atom stereocenters. The molecule has 0 aliphatic heterocycles. The molecule has 0 aromatic heterocycles. The van der Waals surface area contributed by atoms with Crippen LogP contribution < -0.4 is 14.5 Å². The number of hydrogen-bond acceptors (Lipinski definition) is 6. The number of nitrogens with zero attached hydrogens (tertiary/aromatic N) is 2. The van der Waals surface area contributed by atoms with Gasteiger partial charge >= 0.3 is 0 Å². The standard InChI is InChI=1S/C24H24ClN3O4S2/c1-17-4-11-21(12-5-17)34(30,31)28(22-14-19(25)8-13-23(22)32-2)16-24(29)27-26-15-18-6-9-20(33-3)10-7-18/h4-15H,16H2,1-3H3,(H,27,29)/b26-15-. The quantitative estimate of drug-likeness (QED) is 0.252. The molecule has 0 heterocycles. The van der Waals surface area contributed by atoms with Crippen molar-refractivity contribution in [3.8, 4) is 5.75 Å². The van der Waals surface area contributed by atoms with Gasteiger partial charge in [0.05, 0.1) is 23.9 Å². The maximum absolute atomic E-state index is 13.5. The summed E-state index contributed by atoms with van der Waals surface area (Å²) in [5.74, 6) is -0.375. The van der Waals surface area contributed by atoms with Crippen molar-refractivity contribution in [3.63, 3.8) is 0 Å². The third kappa shape index (κ3) is 6.31. The van der Waals surface area contributed by atoms with E-state index in [1.54, 1.807) is 36.0 Å². The van der Waals surface area contributed by atoms with Crippen LogP contribution in [0.4, 0.5) is 5.69 Å². The summed E-state index contributed by atoms with van der Waals surface area (Å²) in [6.07, 6.45) is 3.47. The van der Waals surface area contributed by atoms with Gasteiger partial charge in [-0.25, -0.2) is 13.8 Å². The molecule has 0 spiro atoms. The van der Waals surface area contributed by atoms with Gasteiger partial charge in [0.15, 0.2) is 0 Å². The molecule has 3 aromatic rings. The van der Waals surface area contributed by atoms with Crippen molar-refractivity contribution in [1.82, 2.24) is 5.43 Å². The lowest BCUT2D eigenvalue weighted by Crippen LogP contribution is -2.39. The number of sulfonamides is 1. The highest BCUT2D eigenvalue weighted by molar-refractivity contribution is 7.98. The number of carbonyl (C=O) groups excluding carboxylic acids is 1. The molecule has 34 heavy (non-hydrogen) atoms. The van der Waals surface area contributed by atoms with Gasteiger partial charge in [-0.2, -0.15) is 5.10 Å². The molecule has 0 radical (unpaired) electrons. The van der Waals surface area contributed by atoms with E-state index in [0.29, 0.717) is 5.02 Å². The Labute approximate surface area is 208 Å². The lowest BCUT2D eigenvalue weighted by atomic mass is 10.2. The van der Waals surface area contributed by atoms with Crippen LogP contribution >= 0.6 is 23.4 Å². The molecule has 0 aliphatic carbocycles. The van der Waals surface area contributed by atoms with Crippen LogP contribution in [0.25, 0.3) is 0 Å². The second-order valence-electron chi connectivity index (χ2n) is 7.21. The van der Waals surface area contributed by atoms with E-state index in [9.17, 15) is 13.2 Å². The monoisotopic (exact) mass is 517 g/mol. The number of amides is 1. The molecule has 0 bridgehead atoms. The number of thioether (sulfide) groups is 1. The van der Waals surface area contributed by atoms with Gasteiger partial charge < -0.3 is 4.74 Å². The van der Waals surface area contributed by atoms with E-state index in [1.807, 2.05) is 37.4 Å². The van der Waals surface area contributed by atoms with E-state index in [4.69, 9.17) is 16.3 Å². The number of anilines is 1. The minimum absolute atomic E-state index is 0.0327. The summed E-state index contributed by atoms with van der Waals surface area (Å²) in [5.41, 5.74) is 4.23. The van der Waals surface area contributed by atoms with Crippen molar-refractivity contribution in [2.45, 2.75) is 16.7 Å². The van der Waals surface area contributed by atoms with Gasteiger partial charge in [0.1, 0.15) is 12.3 Å². The summed E-state index contributed by atoms with van der Waals surface area (Å²) in [6.45, 7) is 1.32. The molecule has 0 saturated carbocycles. The highest BCUT2D eigenvalue weighted by Crippen LogP contribution is 2.34. The number of ether oxygens (including phenoxy) is 1. The highest BCUT2D eigenvalue weighted by atomic mass is 35.5. The van der Waals surface area contributed by atoms with Gasteiger partial charge in [0.2, 0.25) is 0 Å². The second kappa shape index (κ2) is 11.4. The summed E-state index contributed by atoms with van der Waals surface area (Å²) in [7, 11) is -2.71. The molecule has 3 rings (SSSR count). The minimum atomic E-state index is -4.12. The number of halogens is 1. The lowest BCUT2D eigenvalue weighted by molar-refractivity contribution is -0.119. The van der Waals surface area contributed by atoms with E-state index in [1.165, 1.54) is 31.5 Å². The summed E-state index contributed by atoms with van der Waals surface area (Å²) < 4.78 is 33.3. The largest absolute Gasteiger partial charge is 0.495 e. The van der Waals surface area contributed by atoms with Crippen LogP contribution in [0.2, 0.25) is 5.02 Å². The second-order valence-corrected chi connectivity index (χ2v) is 10.4. The molecule has 10 heteroatoms. The maximum atomic E-state index is 13.5. The smallest absolute Gasteiger partial charge is 0.264 e. The van der Waals surface area contributed by atoms with E-state index in [2.05, 4.69) is 10.5 Å². The predicted molar refractivity (Wildman–Crippen MR) is 138 cm³/mol. The van der Waals surface area contributed by atoms with E-state index < -0.39 is 22.5 Å². The number of nitrogens with one attached hydrogen (secondary N) is 1. The van der Waals surface area contributed by atoms with Crippen LogP contribution in [0, 0.1) is 6.92 Å². The normalized spacial score (nSPS) is 11.4. The molecular weight excluding hydrogens is 494 g/mol. The fourth-order valence-corrected chi connectivity index (χ4v) is 5.03. The van der Waals surface area contributed by atoms with Crippen molar-refractivity contribution in [3.05, 3.63) is 82.9 Å². The molecular formula is C24H24ClN3O4S2. The SMILES string of the molecule is COc1ccc(Cl)cc1N(CC(=O)N/N=C\c1ccc(SC)cc1)S(=O)(=O)c1ccc(C)cc1. The average Bonchev–Trinajstić information content (AvgIpc) is 2.83. The summed E-state index contributed by atoms with van der Waals surface area (Å²) >= 11 is 7.76. The molecule has 3 aromatic carbocycles. The van der Waals surface area contributed by atoms with Crippen LogP contribution in [0.15, 0.2) is 81.6 Å². The highest BCUT2D eigenvalue weighted by Gasteiger charge is 2.29. The van der Waals surface area contributed by atoms with Crippen LogP contribution in [0.1, 0.15) is 11.1 Å². The molecule has 1 N–H and O–H groups in total. The van der Waals surface area contributed by atoms with Crippen molar-refractivity contribution in [1.29, 1.82) is 0 Å². The first-order valence-corrected chi connectivity index (χ1v) is 13.2. The molecule has 1 amide bonds. The van der Waals surface area contributed by atoms with Crippen molar-refractivity contribution >= 4 is 51.2 Å². The summed E-state index contributed by atoms with van der Waals surface area (Å²) in [6, 6.07) is 18.5. The Balaban J connectivity index is 1.89. The van der Waals surface area contributed by atoms with Gasteiger partial charge in [-0.05, 0) is 61.2 Å². The Morgan fingerprint density at radius 2 is 1.79 bits per heavy atom. The number of benzene rings is 3. The molecule has 0 atom stereocenters. The van der Waals surface area contributed by atoms with Crippen LogP contribution in [-0.4, -0.2) is 40.4 Å². The zero-order valence-corrected chi connectivity index (χ0v) is 21.2. The zero-order chi connectivity index (χ0) is 24.7. The van der Waals surface area contributed by atoms with E-state index >= 15 is 0 Å². The van der Waals surface area contributed by atoms with Gasteiger partial charge in [-0.1, -0.05) is 41.4 Å². The topological polar surface area (TPSA) is 88.1 Å². The fraction of sp³-hybridized carbons (Fsp3) is 0.167. The number of methoxy groups -OCH3 is 1. The van der Waals surface area contributed by atoms with Gasteiger partial charge in [0.25, 0.3) is 15.9 Å². The first-order valence-electron chi connectivity index (χ1n) is 10.1. The molecule has 0 saturated heterocycles. The van der Waals surface area contributed by atoms with Crippen LogP contribution in [-0.2, 0) is 14.8 Å². The van der Waals surface area contributed by atoms with Crippen molar-refractivity contribution in [2.24, 2.45) is 5.10 Å². The maximum Gasteiger partial charge on any atom is 0.264 e. The molecule has 178 valence electrons. The Morgan fingerprint density at radius 1 is 1.12 bits per heavy atom. The Morgan fingerprint density at radius 3 is 2.41 bits per heavy atom. The van der Waals surface area contributed by atoms with Crippen LogP contribution in [0.3, 0.4) is 0 Å². The van der Waals surface area contributed by atoms with E-state index in [-0.39, 0.29) is 16.3 Å². The van der Waals surface area contributed by atoms with Crippen LogP contribution in [0.5, 0.6) is 5.75 Å². The Hall–Kier alpha value is -3.01. The third-order valence-electron chi connectivity index (χ3n) is 4.82. The van der Waals surface area contributed by atoms with E-state index in [0.717, 1.165) is 20.3 Å². The average molecular weight is 518 g/mol. The Kier molecular flexibility index (Phi) is 8.60. The molecule has 0 fully saturated rings. The first-order chi connectivity index (χ1) is 16.2. The van der Waals surface area contributed by atoms with Crippen molar-refractivity contribution in [2.75, 3.05) is 24.2 Å². The predicted octanol–water partition coefficient (Wildman–Crippen LogP) is 4.72. The number of aryl methyl sites for hydroxylation is 1. The zero-order valence-electron chi connectivity index (χ0n) is 18.9. The first kappa shape index (κ1) is 25.6. The minimum Gasteiger partial charge on any atom is -0.495 e. The van der Waals surface area contributed by atoms with Gasteiger partial charge in [0, 0.05) is 9.92 Å². The molecule has 0 aliphatic rings. The number of hydrazone groups is 1. The molecule has 7 nitrogen and oxygen atoms in total. The number of rotatable bonds is 9. The third-order valence-corrected chi connectivity index (χ3v) is 7.58. The van der Waals surface area contributed by atoms with Gasteiger partial charge in [-0.15, -0.1) is 11.8 Å². The summed E-state index contributed by atoms with van der Waals surface area (Å²) in [4.78, 5) is 13.9. The number of hydrogen-bond donors (Lipinski definition) is 1. The van der Waals surface area contributed by atoms with Gasteiger partial charge in [-0.3, -0.25) is 9.10 Å². The number of carbonyl (C=O) groups is 1. The fourth-order valence-electron chi connectivity index (χ4n) is 3.03. The summed E-state index contributed by atoms with van der Waals surface area (Å²) in [5, 5.41) is 4.26.